The van der Waals surface area contributed by atoms with Crippen molar-refractivity contribution in [2.45, 2.75) is 19.3 Å². The second kappa shape index (κ2) is 7.81. The number of rotatable bonds is 5. The van der Waals surface area contributed by atoms with E-state index < -0.39 is 0 Å². The Morgan fingerprint density at radius 1 is 1.13 bits per heavy atom. The molecular formula is C23H23N5O2. The van der Waals surface area contributed by atoms with Gasteiger partial charge in [0.05, 0.1) is 18.9 Å². The van der Waals surface area contributed by atoms with Crippen molar-refractivity contribution < 1.29 is 9.15 Å². The van der Waals surface area contributed by atoms with Crippen molar-refractivity contribution in [1.82, 2.24) is 14.8 Å². The second-order valence-electron chi connectivity index (χ2n) is 7.82. The highest BCUT2D eigenvalue weighted by Gasteiger charge is 2.36. The van der Waals surface area contributed by atoms with Gasteiger partial charge in [0.15, 0.2) is 5.82 Å². The molecule has 7 heteroatoms. The minimum Gasteiger partial charge on any atom is -0.461 e. The number of hydrogen-bond acceptors (Lipinski definition) is 6. The molecule has 0 spiro atoms. The number of benzene rings is 1. The molecule has 1 saturated heterocycles. The van der Waals surface area contributed by atoms with Gasteiger partial charge in [0.1, 0.15) is 23.2 Å². The Bertz CT molecular complexity index is 1100. The normalized spacial score (nSPS) is 21.5. The van der Waals surface area contributed by atoms with Gasteiger partial charge < -0.3 is 14.1 Å². The van der Waals surface area contributed by atoms with E-state index in [1.807, 2.05) is 47.0 Å². The van der Waals surface area contributed by atoms with Crippen LogP contribution in [0.3, 0.4) is 0 Å². The van der Waals surface area contributed by atoms with Crippen molar-refractivity contribution in [1.29, 1.82) is 5.26 Å². The van der Waals surface area contributed by atoms with Crippen LogP contribution in [0.25, 0.3) is 17.3 Å². The monoisotopic (exact) mass is 401 g/mol. The van der Waals surface area contributed by atoms with Gasteiger partial charge >= 0.3 is 0 Å². The predicted molar refractivity (Wildman–Crippen MR) is 113 cm³/mol. The van der Waals surface area contributed by atoms with Crippen molar-refractivity contribution in [3.63, 3.8) is 0 Å². The third-order valence-corrected chi connectivity index (χ3v) is 5.72. The summed E-state index contributed by atoms with van der Waals surface area (Å²) in [6.07, 6.45) is 2.91. The third kappa shape index (κ3) is 3.51. The smallest absolute Gasteiger partial charge is 0.232 e. The zero-order valence-corrected chi connectivity index (χ0v) is 16.9. The van der Waals surface area contributed by atoms with Gasteiger partial charge in [0.2, 0.25) is 5.95 Å². The lowest BCUT2D eigenvalue weighted by atomic mass is 10.2. The van der Waals surface area contributed by atoms with Crippen molar-refractivity contribution >= 4 is 17.6 Å². The van der Waals surface area contributed by atoms with Crippen LogP contribution in [0.2, 0.25) is 0 Å². The Morgan fingerprint density at radius 2 is 1.90 bits per heavy atom. The van der Waals surface area contributed by atoms with Crippen LogP contribution < -0.4 is 4.90 Å². The zero-order chi connectivity index (χ0) is 20.5. The molecule has 0 radical (unpaired) electrons. The lowest BCUT2D eigenvalue weighted by molar-refractivity contribution is 0.122. The van der Waals surface area contributed by atoms with Gasteiger partial charge in [-0.15, -0.1) is 10.2 Å². The molecule has 0 unspecified atom stereocenters. The zero-order valence-electron chi connectivity index (χ0n) is 16.9. The first-order valence-electron chi connectivity index (χ1n) is 10.3. The molecule has 3 aromatic rings. The van der Waals surface area contributed by atoms with Crippen LogP contribution in [0, 0.1) is 17.2 Å². The van der Waals surface area contributed by atoms with Gasteiger partial charge in [-0.25, -0.2) is 0 Å². The Balaban J connectivity index is 1.56. The van der Waals surface area contributed by atoms with Gasteiger partial charge in [-0.1, -0.05) is 25.1 Å². The quantitative estimate of drug-likeness (QED) is 0.604. The topological polar surface area (TPSA) is 80.1 Å². The SMILES string of the molecule is C[C@H]1C[C@@H]1c1ccc(/C=C(\C#N)c2nnc(N3CCOCC3)n2-c2ccccc2)o1. The van der Waals surface area contributed by atoms with E-state index in [1.54, 1.807) is 6.08 Å². The van der Waals surface area contributed by atoms with Gasteiger partial charge in [-0.3, -0.25) is 4.57 Å². The maximum atomic E-state index is 9.93. The number of morpholine rings is 1. The average molecular weight is 401 g/mol. The predicted octanol–water partition coefficient (Wildman–Crippen LogP) is 3.88. The van der Waals surface area contributed by atoms with E-state index in [2.05, 4.69) is 28.1 Å². The number of hydrogen-bond donors (Lipinski definition) is 0. The van der Waals surface area contributed by atoms with Crippen LogP contribution in [-0.2, 0) is 4.74 Å². The van der Waals surface area contributed by atoms with Crippen LogP contribution >= 0.6 is 0 Å². The average Bonchev–Trinajstić information content (AvgIpc) is 3.18. The van der Waals surface area contributed by atoms with E-state index in [9.17, 15) is 5.26 Å². The molecule has 1 saturated carbocycles. The maximum absolute atomic E-state index is 9.93. The highest BCUT2D eigenvalue weighted by Crippen LogP contribution is 2.47. The third-order valence-electron chi connectivity index (χ3n) is 5.72. The highest BCUT2D eigenvalue weighted by atomic mass is 16.5. The first-order valence-corrected chi connectivity index (χ1v) is 10.3. The molecule has 0 bridgehead atoms. The summed E-state index contributed by atoms with van der Waals surface area (Å²) in [5, 5.41) is 18.8. The Labute approximate surface area is 175 Å². The van der Waals surface area contributed by atoms with E-state index >= 15 is 0 Å². The molecule has 5 rings (SSSR count). The number of anilines is 1. The fraction of sp³-hybridized carbons (Fsp3) is 0.348. The molecule has 1 aliphatic carbocycles. The van der Waals surface area contributed by atoms with Crippen molar-refractivity contribution in [3.8, 4) is 11.8 Å². The van der Waals surface area contributed by atoms with Crippen LogP contribution in [0.4, 0.5) is 5.95 Å². The van der Waals surface area contributed by atoms with Crippen molar-refractivity contribution in [2.75, 3.05) is 31.2 Å². The number of nitrogens with zero attached hydrogens (tertiary/aromatic N) is 5. The summed E-state index contributed by atoms with van der Waals surface area (Å²) in [4.78, 5) is 2.14. The van der Waals surface area contributed by atoms with Crippen LogP contribution in [-0.4, -0.2) is 41.1 Å². The Hall–Kier alpha value is -3.37. The van der Waals surface area contributed by atoms with E-state index in [4.69, 9.17) is 9.15 Å². The highest BCUT2D eigenvalue weighted by molar-refractivity contribution is 5.87. The summed E-state index contributed by atoms with van der Waals surface area (Å²) < 4.78 is 13.4. The molecular weight excluding hydrogens is 378 g/mol. The number of allylic oxidation sites excluding steroid dienone is 1. The fourth-order valence-corrected chi connectivity index (χ4v) is 3.89. The van der Waals surface area contributed by atoms with Crippen LogP contribution in [0.5, 0.6) is 0 Å². The van der Waals surface area contributed by atoms with E-state index in [0.29, 0.717) is 48.2 Å². The first kappa shape index (κ1) is 18.6. The standard InChI is InChI=1S/C23H23N5O2/c1-16-13-20(16)21-8-7-19(30-21)14-17(15-24)22-25-26-23(27-9-11-29-12-10-27)28(22)18-5-3-2-4-6-18/h2-8,14,16,20H,9-13H2,1H3/b17-14+/t16-,20-/m0/s1. The van der Waals surface area contributed by atoms with Gasteiger partial charge in [-0.2, -0.15) is 5.26 Å². The molecule has 2 aromatic heterocycles. The summed E-state index contributed by atoms with van der Waals surface area (Å²) >= 11 is 0. The molecule has 1 aliphatic heterocycles. The van der Waals surface area contributed by atoms with Crippen molar-refractivity contribution in [3.05, 3.63) is 59.8 Å². The molecule has 2 fully saturated rings. The lowest BCUT2D eigenvalue weighted by Gasteiger charge is -2.28. The molecule has 0 amide bonds. The molecule has 2 atom stereocenters. The molecule has 2 aliphatic rings. The van der Waals surface area contributed by atoms with E-state index in [1.165, 1.54) is 0 Å². The van der Waals surface area contributed by atoms with Crippen molar-refractivity contribution in [2.24, 2.45) is 5.92 Å². The molecule has 3 heterocycles. The molecule has 30 heavy (non-hydrogen) atoms. The summed E-state index contributed by atoms with van der Waals surface area (Å²) in [6, 6.07) is 16.1. The summed E-state index contributed by atoms with van der Waals surface area (Å²) in [6.45, 7) is 4.98. The fourth-order valence-electron chi connectivity index (χ4n) is 3.89. The van der Waals surface area contributed by atoms with Crippen LogP contribution in [0.15, 0.2) is 46.9 Å². The summed E-state index contributed by atoms with van der Waals surface area (Å²) in [5.41, 5.74) is 1.32. The number of furan rings is 1. The molecule has 1 aromatic carbocycles. The number of aromatic nitrogens is 3. The Kier molecular flexibility index (Phi) is 4.85. The van der Waals surface area contributed by atoms with E-state index in [-0.39, 0.29) is 0 Å². The largest absolute Gasteiger partial charge is 0.461 e. The molecule has 152 valence electrons. The molecule has 7 nitrogen and oxygen atoms in total. The summed E-state index contributed by atoms with van der Waals surface area (Å²) in [5.74, 6) is 4.04. The minimum absolute atomic E-state index is 0.413. The van der Waals surface area contributed by atoms with E-state index in [0.717, 1.165) is 31.0 Å². The summed E-state index contributed by atoms with van der Waals surface area (Å²) in [7, 11) is 0. The Morgan fingerprint density at radius 3 is 2.60 bits per heavy atom. The van der Waals surface area contributed by atoms with Gasteiger partial charge in [-0.05, 0) is 36.6 Å². The van der Waals surface area contributed by atoms with Crippen LogP contribution in [0.1, 0.15) is 36.6 Å². The van der Waals surface area contributed by atoms with Gasteiger partial charge in [0, 0.05) is 25.1 Å². The second-order valence-corrected chi connectivity index (χ2v) is 7.82. The molecule has 0 N–H and O–H groups in total. The number of ether oxygens (including phenoxy) is 1. The number of nitriles is 1. The first-order chi connectivity index (χ1) is 14.7. The maximum Gasteiger partial charge on any atom is 0.232 e. The number of para-hydroxylation sites is 1. The van der Waals surface area contributed by atoms with Gasteiger partial charge in [0.25, 0.3) is 0 Å². The minimum atomic E-state index is 0.413. The lowest BCUT2D eigenvalue weighted by Crippen LogP contribution is -2.38.